The number of likely N-dealkylation sites (tertiary alicyclic amines) is 1. The van der Waals surface area contributed by atoms with Crippen LogP contribution in [0.15, 0.2) is 54.9 Å². The predicted molar refractivity (Wildman–Crippen MR) is 158 cm³/mol. The molecule has 2 aromatic carbocycles. The number of amides is 1. The Balaban J connectivity index is 1.38. The predicted octanol–water partition coefficient (Wildman–Crippen LogP) is 5.81. The Hall–Kier alpha value is -4.65. The van der Waals surface area contributed by atoms with Crippen molar-refractivity contribution in [2.45, 2.75) is 39.0 Å². The van der Waals surface area contributed by atoms with Crippen molar-refractivity contribution >= 4 is 28.9 Å². The summed E-state index contributed by atoms with van der Waals surface area (Å²) in [5.41, 5.74) is 1.59. The summed E-state index contributed by atoms with van der Waals surface area (Å²) >= 11 is 0. The lowest BCUT2D eigenvalue weighted by Gasteiger charge is -2.29. The van der Waals surface area contributed by atoms with Gasteiger partial charge in [-0.15, -0.1) is 0 Å². The van der Waals surface area contributed by atoms with Crippen LogP contribution in [-0.4, -0.2) is 63.8 Å². The van der Waals surface area contributed by atoms with Crippen molar-refractivity contribution in [3.8, 4) is 11.6 Å². The third-order valence-corrected chi connectivity index (χ3v) is 7.18. The van der Waals surface area contributed by atoms with Gasteiger partial charge in [0.05, 0.1) is 11.3 Å². The number of piperidine rings is 1. The number of nitrogens with one attached hydrogen (secondary N) is 3. The fourth-order valence-corrected chi connectivity index (χ4v) is 4.80. The lowest BCUT2D eigenvalue weighted by Crippen LogP contribution is -2.35. The summed E-state index contributed by atoms with van der Waals surface area (Å²) in [5.74, 6) is 1.13. The average molecular weight is 595 g/mol. The molecule has 1 fully saturated rings. The fourth-order valence-electron chi connectivity index (χ4n) is 4.80. The highest BCUT2D eigenvalue weighted by Crippen LogP contribution is 2.34. The monoisotopic (exact) mass is 594 g/mol. The summed E-state index contributed by atoms with van der Waals surface area (Å²) in [7, 11) is 3.74. The van der Waals surface area contributed by atoms with Gasteiger partial charge in [0.1, 0.15) is 29.8 Å². The Bertz CT molecular complexity index is 1610. The normalized spacial score (nSPS) is 14.4. The number of aromatic nitrogens is 4. The molecule has 10 nitrogen and oxygen atoms in total. The van der Waals surface area contributed by atoms with Crippen molar-refractivity contribution in [1.29, 1.82) is 0 Å². The van der Waals surface area contributed by atoms with Gasteiger partial charge in [0, 0.05) is 49.2 Å². The molecule has 4 aromatic rings. The molecule has 0 unspecified atom stereocenters. The van der Waals surface area contributed by atoms with E-state index in [1.54, 1.807) is 36.0 Å². The summed E-state index contributed by atoms with van der Waals surface area (Å²) in [6, 6.07) is 11.9. The first-order valence-corrected chi connectivity index (χ1v) is 13.8. The first-order valence-electron chi connectivity index (χ1n) is 13.8. The third kappa shape index (κ3) is 7.23. The highest BCUT2D eigenvalue weighted by Gasteiger charge is 2.32. The van der Waals surface area contributed by atoms with Crippen LogP contribution in [-0.2, 0) is 6.18 Å². The molecule has 2 aromatic heterocycles. The number of alkyl halides is 3. The van der Waals surface area contributed by atoms with Gasteiger partial charge in [-0.25, -0.2) is 9.97 Å². The Morgan fingerprint density at radius 1 is 1.02 bits per heavy atom. The van der Waals surface area contributed by atoms with Gasteiger partial charge < -0.3 is 25.6 Å². The van der Waals surface area contributed by atoms with E-state index in [-0.39, 0.29) is 17.4 Å². The molecule has 43 heavy (non-hydrogen) atoms. The summed E-state index contributed by atoms with van der Waals surface area (Å²) in [6.45, 7) is 5.32. The standard InChI is InChI=1S/C30H33F3N8O2/c1-18-5-6-22(15-25(18)38-28-11-19(2)39-41(28)27-16-26(34-3)35-17-36-27)37-29(42)20-12-21(30(31,32)33)14-24(13-20)43-23-7-9-40(4)10-8-23/h5-6,11-17,23,38H,7-10H2,1-4H3,(H,37,42)(H,34,35,36). The van der Waals surface area contributed by atoms with Gasteiger partial charge in [-0.05, 0) is 69.6 Å². The number of hydrogen-bond acceptors (Lipinski definition) is 8. The molecule has 3 N–H and O–H groups in total. The van der Waals surface area contributed by atoms with Crippen molar-refractivity contribution < 1.29 is 22.7 Å². The second-order valence-electron chi connectivity index (χ2n) is 10.6. The van der Waals surface area contributed by atoms with E-state index in [0.29, 0.717) is 41.7 Å². The SMILES string of the molecule is CNc1cc(-n2nc(C)cc2Nc2cc(NC(=O)c3cc(OC4CCN(C)CC4)cc(C(F)(F)F)c3)ccc2C)ncn1. The van der Waals surface area contributed by atoms with Crippen LogP contribution in [0.3, 0.4) is 0 Å². The molecule has 5 rings (SSSR count). The Morgan fingerprint density at radius 2 is 1.79 bits per heavy atom. The minimum absolute atomic E-state index is 0.0237. The van der Waals surface area contributed by atoms with Gasteiger partial charge in [0.25, 0.3) is 5.91 Å². The number of hydrogen-bond donors (Lipinski definition) is 3. The number of aryl methyl sites for hydroxylation is 2. The van der Waals surface area contributed by atoms with Crippen LogP contribution in [0.4, 0.5) is 36.2 Å². The van der Waals surface area contributed by atoms with Crippen molar-refractivity contribution in [3.05, 3.63) is 77.2 Å². The molecule has 0 saturated carbocycles. The van der Waals surface area contributed by atoms with E-state index in [1.807, 2.05) is 27.0 Å². The number of anilines is 4. The highest BCUT2D eigenvalue weighted by atomic mass is 19.4. The van der Waals surface area contributed by atoms with Crippen LogP contribution >= 0.6 is 0 Å². The van der Waals surface area contributed by atoms with Crippen LogP contribution < -0.4 is 20.7 Å². The maximum atomic E-state index is 13.8. The third-order valence-electron chi connectivity index (χ3n) is 7.18. The molecule has 1 amide bonds. The van der Waals surface area contributed by atoms with Gasteiger partial charge >= 0.3 is 6.18 Å². The van der Waals surface area contributed by atoms with Gasteiger partial charge in [0.2, 0.25) is 0 Å². The molecule has 0 atom stereocenters. The van der Waals surface area contributed by atoms with Crippen LogP contribution in [0.25, 0.3) is 5.82 Å². The molecule has 0 aliphatic carbocycles. The Morgan fingerprint density at radius 3 is 2.51 bits per heavy atom. The van der Waals surface area contributed by atoms with Gasteiger partial charge in [0.15, 0.2) is 5.82 Å². The zero-order valence-electron chi connectivity index (χ0n) is 24.3. The van der Waals surface area contributed by atoms with E-state index in [0.717, 1.165) is 36.5 Å². The van der Waals surface area contributed by atoms with E-state index in [4.69, 9.17) is 4.74 Å². The zero-order chi connectivity index (χ0) is 30.7. The summed E-state index contributed by atoms with van der Waals surface area (Å²) < 4.78 is 48.8. The van der Waals surface area contributed by atoms with E-state index in [1.165, 1.54) is 12.4 Å². The van der Waals surface area contributed by atoms with E-state index in [9.17, 15) is 18.0 Å². The van der Waals surface area contributed by atoms with Crippen molar-refractivity contribution in [2.24, 2.45) is 0 Å². The number of rotatable bonds is 8. The van der Waals surface area contributed by atoms with E-state index < -0.39 is 17.6 Å². The molecule has 0 radical (unpaired) electrons. The highest BCUT2D eigenvalue weighted by molar-refractivity contribution is 6.05. The largest absolute Gasteiger partial charge is 0.490 e. The lowest BCUT2D eigenvalue weighted by molar-refractivity contribution is -0.137. The molecule has 1 saturated heterocycles. The molecule has 1 aliphatic heterocycles. The second-order valence-corrected chi connectivity index (χ2v) is 10.6. The number of ether oxygens (including phenoxy) is 1. The number of carbonyl (C=O) groups excluding carboxylic acids is 1. The quantitative estimate of drug-likeness (QED) is 0.235. The van der Waals surface area contributed by atoms with Crippen LogP contribution in [0.2, 0.25) is 0 Å². The smallest absolute Gasteiger partial charge is 0.416 e. The zero-order valence-corrected chi connectivity index (χ0v) is 24.3. The molecule has 0 bridgehead atoms. The van der Waals surface area contributed by atoms with Gasteiger partial charge in [-0.1, -0.05) is 6.07 Å². The Kier molecular flexibility index (Phi) is 8.53. The van der Waals surface area contributed by atoms with Gasteiger partial charge in [-0.3, -0.25) is 4.79 Å². The van der Waals surface area contributed by atoms with Crippen molar-refractivity contribution in [3.63, 3.8) is 0 Å². The summed E-state index contributed by atoms with van der Waals surface area (Å²) in [4.78, 5) is 23.8. The van der Waals surface area contributed by atoms with E-state index in [2.05, 4.69) is 35.9 Å². The van der Waals surface area contributed by atoms with Gasteiger partial charge in [-0.2, -0.15) is 23.0 Å². The first-order chi connectivity index (χ1) is 20.5. The lowest BCUT2D eigenvalue weighted by atomic mass is 10.1. The van der Waals surface area contributed by atoms with Crippen molar-refractivity contribution in [1.82, 2.24) is 24.6 Å². The van der Waals surface area contributed by atoms with Crippen LogP contribution in [0.5, 0.6) is 5.75 Å². The molecular weight excluding hydrogens is 561 g/mol. The molecule has 0 spiro atoms. The number of benzene rings is 2. The molecule has 1 aliphatic rings. The molecule has 226 valence electrons. The summed E-state index contributed by atoms with van der Waals surface area (Å²) in [6.07, 6.45) is -2.03. The second kappa shape index (κ2) is 12.3. The minimum atomic E-state index is -4.64. The molecular formula is C30H33F3N8O2. The van der Waals surface area contributed by atoms with E-state index >= 15 is 0 Å². The molecule has 3 heterocycles. The molecule has 13 heteroatoms. The van der Waals surface area contributed by atoms with Crippen LogP contribution in [0, 0.1) is 13.8 Å². The average Bonchev–Trinajstić information content (AvgIpc) is 3.35. The van der Waals surface area contributed by atoms with Crippen LogP contribution in [0.1, 0.15) is 40.0 Å². The maximum absolute atomic E-state index is 13.8. The Labute approximate surface area is 247 Å². The number of halogens is 3. The first kappa shape index (κ1) is 29.8. The fraction of sp³-hybridized carbons (Fsp3) is 0.333. The summed E-state index contributed by atoms with van der Waals surface area (Å²) in [5, 5.41) is 13.6. The minimum Gasteiger partial charge on any atom is -0.490 e. The maximum Gasteiger partial charge on any atom is 0.416 e. The van der Waals surface area contributed by atoms with Crippen molar-refractivity contribution in [2.75, 3.05) is 43.1 Å². The number of carbonyl (C=O) groups is 1. The number of nitrogens with zero attached hydrogens (tertiary/aromatic N) is 5. The topological polar surface area (TPSA) is 109 Å².